The smallest absolute Gasteiger partial charge is 0.238 e. The minimum atomic E-state index is -0.166. The highest BCUT2D eigenvalue weighted by Crippen LogP contribution is 2.37. The summed E-state index contributed by atoms with van der Waals surface area (Å²) in [5, 5.41) is 12.9. The number of carbonyl (C=O) groups excluding carboxylic acids is 1. The molecular formula is C16H22N2O2S. The van der Waals surface area contributed by atoms with Gasteiger partial charge in [0.2, 0.25) is 5.91 Å². The van der Waals surface area contributed by atoms with Gasteiger partial charge in [0.05, 0.1) is 18.3 Å². The zero-order chi connectivity index (χ0) is 14.8. The first kappa shape index (κ1) is 14.9. The molecule has 4 nitrogen and oxygen atoms in total. The van der Waals surface area contributed by atoms with Crippen LogP contribution in [0.25, 0.3) is 0 Å². The van der Waals surface area contributed by atoms with Gasteiger partial charge in [-0.1, -0.05) is 12.1 Å². The third-order valence-corrected chi connectivity index (χ3v) is 5.44. The largest absolute Gasteiger partial charge is 0.393 e. The van der Waals surface area contributed by atoms with Gasteiger partial charge in [-0.25, -0.2) is 0 Å². The highest BCUT2D eigenvalue weighted by molar-refractivity contribution is 7.98. The maximum atomic E-state index is 12.2. The van der Waals surface area contributed by atoms with Crippen molar-refractivity contribution in [1.29, 1.82) is 0 Å². The minimum Gasteiger partial charge on any atom is -0.393 e. The molecule has 1 aromatic carbocycles. The fraction of sp³-hybridized carbons (Fsp3) is 0.562. The highest BCUT2D eigenvalue weighted by atomic mass is 32.2. The summed E-state index contributed by atoms with van der Waals surface area (Å²) in [7, 11) is 0. The van der Waals surface area contributed by atoms with Crippen LogP contribution in [0.4, 0.5) is 5.69 Å². The summed E-state index contributed by atoms with van der Waals surface area (Å²) >= 11 is 1.63. The molecule has 0 bridgehead atoms. The van der Waals surface area contributed by atoms with Crippen molar-refractivity contribution < 1.29 is 9.90 Å². The van der Waals surface area contributed by atoms with Crippen LogP contribution in [0.1, 0.15) is 12.8 Å². The van der Waals surface area contributed by atoms with E-state index in [1.54, 1.807) is 11.8 Å². The summed E-state index contributed by atoms with van der Waals surface area (Å²) in [5.74, 6) is 0.980. The molecule has 3 unspecified atom stereocenters. The Morgan fingerprint density at radius 3 is 2.95 bits per heavy atom. The lowest BCUT2D eigenvalue weighted by molar-refractivity contribution is -0.117. The van der Waals surface area contributed by atoms with E-state index in [0.29, 0.717) is 18.4 Å². The van der Waals surface area contributed by atoms with E-state index < -0.39 is 0 Å². The molecule has 1 saturated carbocycles. The number of rotatable bonds is 4. The number of hydrogen-bond donors (Lipinski definition) is 2. The van der Waals surface area contributed by atoms with Crippen LogP contribution in [0.3, 0.4) is 0 Å². The van der Waals surface area contributed by atoms with Crippen LogP contribution in [0.15, 0.2) is 29.2 Å². The molecule has 0 spiro atoms. The maximum absolute atomic E-state index is 12.2. The molecule has 21 heavy (non-hydrogen) atoms. The van der Waals surface area contributed by atoms with Crippen molar-refractivity contribution in [2.24, 2.45) is 11.8 Å². The van der Waals surface area contributed by atoms with Gasteiger partial charge in [0.25, 0.3) is 0 Å². The number of amides is 1. The SMILES string of the molecule is CSc1ccccc1NC(=O)CN1CC2CCC(O)C2C1. The summed E-state index contributed by atoms with van der Waals surface area (Å²) in [6.07, 6.45) is 3.87. The first-order chi connectivity index (χ1) is 10.2. The molecule has 1 saturated heterocycles. The minimum absolute atomic E-state index is 0.0333. The average molecular weight is 306 g/mol. The molecule has 3 atom stereocenters. The van der Waals surface area contributed by atoms with Crippen LogP contribution in [0.2, 0.25) is 0 Å². The van der Waals surface area contributed by atoms with E-state index >= 15 is 0 Å². The number of benzene rings is 1. The number of para-hydroxylation sites is 1. The molecule has 114 valence electrons. The molecule has 5 heteroatoms. The van der Waals surface area contributed by atoms with E-state index in [9.17, 15) is 9.90 Å². The Hall–Kier alpha value is -1.04. The van der Waals surface area contributed by atoms with Crippen LogP contribution >= 0.6 is 11.8 Å². The van der Waals surface area contributed by atoms with Crippen LogP contribution in [-0.2, 0) is 4.79 Å². The maximum Gasteiger partial charge on any atom is 0.238 e. The van der Waals surface area contributed by atoms with Crippen molar-refractivity contribution in [3.8, 4) is 0 Å². The standard InChI is InChI=1S/C16H22N2O2S/c1-21-15-5-3-2-4-13(15)17-16(20)10-18-8-11-6-7-14(19)12(11)9-18/h2-5,11-12,14,19H,6-10H2,1H3,(H,17,20). The second-order valence-electron chi connectivity index (χ2n) is 6.01. The lowest BCUT2D eigenvalue weighted by atomic mass is 10.00. The summed E-state index contributed by atoms with van der Waals surface area (Å²) < 4.78 is 0. The third-order valence-electron chi connectivity index (χ3n) is 4.64. The van der Waals surface area contributed by atoms with Gasteiger partial charge < -0.3 is 10.4 Å². The lowest BCUT2D eigenvalue weighted by Gasteiger charge is -2.18. The molecule has 1 aliphatic carbocycles. The van der Waals surface area contributed by atoms with E-state index in [4.69, 9.17) is 0 Å². The topological polar surface area (TPSA) is 52.6 Å². The van der Waals surface area contributed by atoms with Crippen molar-refractivity contribution in [2.45, 2.75) is 23.8 Å². The second-order valence-corrected chi connectivity index (χ2v) is 6.86. The summed E-state index contributed by atoms with van der Waals surface area (Å²) in [5.41, 5.74) is 0.884. The van der Waals surface area contributed by atoms with Gasteiger partial charge in [0, 0.05) is 23.9 Å². The molecule has 2 N–H and O–H groups in total. The number of aliphatic hydroxyl groups excluding tert-OH is 1. The van der Waals surface area contributed by atoms with Gasteiger partial charge in [0.1, 0.15) is 0 Å². The highest BCUT2D eigenvalue weighted by Gasteiger charge is 2.41. The van der Waals surface area contributed by atoms with Crippen LogP contribution < -0.4 is 5.32 Å². The average Bonchev–Trinajstić information content (AvgIpc) is 3.01. The second kappa shape index (κ2) is 6.38. The Morgan fingerprint density at radius 1 is 1.38 bits per heavy atom. The van der Waals surface area contributed by atoms with Crippen LogP contribution in [-0.4, -0.2) is 47.9 Å². The van der Waals surface area contributed by atoms with Gasteiger partial charge in [-0.15, -0.1) is 11.8 Å². The summed E-state index contributed by atoms with van der Waals surface area (Å²) in [4.78, 5) is 15.5. The zero-order valence-electron chi connectivity index (χ0n) is 12.3. The first-order valence-corrected chi connectivity index (χ1v) is 8.73. The van der Waals surface area contributed by atoms with Crippen LogP contribution in [0.5, 0.6) is 0 Å². The van der Waals surface area contributed by atoms with E-state index in [2.05, 4.69) is 10.2 Å². The first-order valence-electron chi connectivity index (χ1n) is 7.50. The predicted molar refractivity (Wildman–Crippen MR) is 85.5 cm³/mol. The molecule has 3 rings (SSSR count). The number of carbonyl (C=O) groups is 1. The van der Waals surface area contributed by atoms with Gasteiger partial charge in [-0.3, -0.25) is 9.69 Å². The number of nitrogens with zero attached hydrogens (tertiary/aromatic N) is 1. The summed E-state index contributed by atoms with van der Waals surface area (Å²) in [6, 6.07) is 7.86. The zero-order valence-corrected chi connectivity index (χ0v) is 13.1. The van der Waals surface area contributed by atoms with Crippen LogP contribution in [0, 0.1) is 11.8 Å². The number of nitrogens with one attached hydrogen (secondary N) is 1. The Morgan fingerprint density at radius 2 is 2.19 bits per heavy atom. The Kier molecular flexibility index (Phi) is 4.52. The van der Waals surface area contributed by atoms with Gasteiger partial charge >= 0.3 is 0 Å². The van der Waals surface area contributed by atoms with E-state index in [-0.39, 0.29) is 12.0 Å². The molecule has 2 fully saturated rings. The van der Waals surface area contributed by atoms with Gasteiger partial charge in [-0.2, -0.15) is 0 Å². The Labute approximate surface area is 129 Å². The van der Waals surface area contributed by atoms with Crippen molar-refractivity contribution in [1.82, 2.24) is 4.90 Å². The van der Waals surface area contributed by atoms with E-state index in [0.717, 1.165) is 36.5 Å². The number of aliphatic hydroxyl groups is 1. The Balaban J connectivity index is 1.55. The fourth-order valence-corrected chi connectivity index (χ4v) is 4.15. The molecule has 1 aromatic rings. The van der Waals surface area contributed by atoms with Crippen molar-refractivity contribution in [3.05, 3.63) is 24.3 Å². The number of likely N-dealkylation sites (tertiary alicyclic amines) is 1. The molecule has 0 radical (unpaired) electrons. The third kappa shape index (κ3) is 3.25. The molecule has 1 aliphatic heterocycles. The fourth-order valence-electron chi connectivity index (χ4n) is 3.60. The van der Waals surface area contributed by atoms with Crippen molar-refractivity contribution in [3.63, 3.8) is 0 Å². The normalized spacial score (nSPS) is 28.6. The Bertz CT molecular complexity index is 523. The van der Waals surface area contributed by atoms with Crippen molar-refractivity contribution in [2.75, 3.05) is 31.2 Å². The van der Waals surface area contributed by atoms with Gasteiger partial charge in [-0.05, 0) is 37.1 Å². The molecule has 1 amide bonds. The molecule has 1 heterocycles. The predicted octanol–water partition coefficient (Wildman–Crippen LogP) is 2.05. The quantitative estimate of drug-likeness (QED) is 0.836. The van der Waals surface area contributed by atoms with E-state index in [1.165, 1.54) is 0 Å². The number of anilines is 1. The number of fused-ring (bicyclic) bond motifs is 1. The monoisotopic (exact) mass is 306 g/mol. The summed E-state index contributed by atoms with van der Waals surface area (Å²) in [6.45, 7) is 2.21. The lowest BCUT2D eigenvalue weighted by Crippen LogP contribution is -2.33. The number of thioether (sulfide) groups is 1. The van der Waals surface area contributed by atoms with Gasteiger partial charge in [0.15, 0.2) is 0 Å². The molecule has 0 aromatic heterocycles. The van der Waals surface area contributed by atoms with E-state index in [1.807, 2.05) is 30.5 Å². The number of hydrogen-bond acceptors (Lipinski definition) is 4. The molecular weight excluding hydrogens is 284 g/mol. The molecule has 2 aliphatic rings. The van der Waals surface area contributed by atoms with Crippen molar-refractivity contribution >= 4 is 23.4 Å².